The maximum atomic E-state index is 11.6. The van der Waals surface area contributed by atoms with Gasteiger partial charge in [0.05, 0.1) is 17.6 Å². The van der Waals surface area contributed by atoms with Crippen molar-refractivity contribution in [3.63, 3.8) is 0 Å². The number of anilines is 1. The van der Waals surface area contributed by atoms with Gasteiger partial charge in [-0.25, -0.2) is 4.98 Å². The number of fused-ring (bicyclic) bond motifs is 1. The number of nitrogens with zero attached hydrogens (tertiary/aromatic N) is 1. The molecule has 1 unspecified atom stereocenters. The highest BCUT2D eigenvalue weighted by Crippen LogP contribution is 2.13. The number of nitrogens with one attached hydrogen (secondary N) is 2. The van der Waals surface area contributed by atoms with E-state index < -0.39 is 6.04 Å². The van der Waals surface area contributed by atoms with E-state index in [9.17, 15) is 4.79 Å². The molecule has 0 aliphatic carbocycles. The molecule has 0 bridgehead atoms. The summed E-state index contributed by atoms with van der Waals surface area (Å²) in [6.45, 7) is 0.173. The molecule has 1 atom stereocenters. The van der Waals surface area contributed by atoms with Gasteiger partial charge in [0.25, 0.3) is 0 Å². The Labute approximate surface area is 110 Å². The van der Waals surface area contributed by atoms with Crippen molar-refractivity contribution >= 4 is 35.3 Å². The third kappa shape index (κ3) is 3.19. The highest BCUT2D eigenvalue weighted by Gasteiger charge is 2.14. The molecular formula is C11H15ClN4O2. The number of nitrogens with two attached hydrogens (primary N) is 1. The highest BCUT2D eigenvalue weighted by atomic mass is 35.5. The van der Waals surface area contributed by atoms with Gasteiger partial charge in [0, 0.05) is 7.11 Å². The van der Waals surface area contributed by atoms with Crippen molar-refractivity contribution in [2.75, 3.05) is 19.0 Å². The van der Waals surface area contributed by atoms with Gasteiger partial charge in [-0.1, -0.05) is 12.1 Å². The summed E-state index contributed by atoms with van der Waals surface area (Å²) in [5.74, 6) is 0.0636. The van der Waals surface area contributed by atoms with Crippen LogP contribution in [0.1, 0.15) is 0 Å². The summed E-state index contributed by atoms with van der Waals surface area (Å²) in [5, 5.41) is 2.61. The standard InChI is InChI=1S/C11H14N4O2.ClH/c1-17-6-7(12)10(16)15-11-13-8-4-2-3-5-9(8)14-11;/h2-5,7H,6,12H2,1H3,(H2,13,14,15,16);1H. The molecule has 2 rings (SSSR count). The topological polar surface area (TPSA) is 93.0 Å². The number of benzene rings is 1. The third-order valence-corrected chi connectivity index (χ3v) is 2.31. The smallest absolute Gasteiger partial charge is 0.245 e. The zero-order chi connectivity index (χ0) is 12.3. The van der Waals surface area contributed by atoms with Gasteiger partial charge >= 0.3 is 0 Å². The first-order chi connectivity index (χ1) is 8.20. The minimum atomic E-state index is -0.701. The molecule has 1 amide bonds. The number of amides is 1. The molecule has 0 aliphatic heterocycles. The summed E-state index contributed by atoms with van der Waals surface area (Å²) in [6.07, 6.45) is 0. The summed E-state index contributed by atoms with van der Waals surface area (Å²) >= 11 is 0. The van der Waals surface area contributed by atoms with Crippen LogP contribution in [0.15, 0.2) is 24.3 Å². The largest absolute Gasteiger partial charge is 0.383 e. The van der Waals surface area contributed by atoms with Crippen LogP contribution in [0.3, 0.4) is 0 Å². The number of ether oxygens (including phenoxy) is 1. The van der Waals surface area contributed by atoms with Crippen molar-refractivity contribution in [2.24, 2.45) is 5.73 Å². The zero-order valence-corrected chi connectivity index (χ0v) is 10.7. The molecule has 7 heteroatoms. The van der Waals surface area contributed by atoms with Gasteiger partial charge in [-0.05, 0) is 12.1 Å². The lowest BCUT2D eigenvalue weighted by atomic mass is 10.3. The zero-order valence-electron chi connectivity index (χ0n) is 9.84. The number of hydrogen-bond donors (Lipinski definition) is 3. The Morgan fingerprint density at radius 2 is 2.28 bits per heavy atom. The van der Waals surface area contributed by atoms with Gasteiger partial charge in [0.1, 0.15) is 6.04 Å². The van der Waals surface area contributed by atoms with Gasteiger partial charge < -0.3 is 15.5 Å². The quantitative estimate of drug-likeness (QED) is 0.769. The molecule has 0 saturated carbocycles. The van der Waals surface area contributed by atoms with Gasteiger partial charge in [-0.15, -0.1) is 12.4 Å². The van der Waals surface area contributed by atoms with Gasteiger partial charge in [0.15, 0.2) is 0 Å². The van der Waals surface area contributed by atoms with E-state index in [1.165, 1.54) is 7.11 Å². The Hall–Kier alpha value is -1.63. The van der Waals surface area contributed by atoms with Crippen molar-refractivity contribution in [2.45, 2.75) is 6.04 Å². The van der Waals surface area contributed by atoms with Crippen molar-refractivity contribution in [1.29, 1.82) is 0 Å². The van der Waals surface area contributed by atoms with E-state index in [2.05, 4.69) is 15.3 Å². The van der Waals surface area contributed by atoms with Crippen LogP contribution >= 0.6 is 12.4 Å². The van der Waals surface area contributed by atoms with Crippen molar-refractivity contribution < 1.29 is 9.53 Å². The molecule has 1 heterocycles. The number of H-pyrrole nitrogens is 1. The van der Waals surface area contributed by atoms with Crippen LogP contribution in [0.25, 0.3) is 11.0 Å². The van der Waals surface area contributed by atoms with Crippen LogP contribution in [0, 0.1) is 0 Å². The lowest BCUT2D eigenvalue weighted by molar-refractivity contribution is -0.118. The fourth-order valence-electron chi connectivity index (χ4n) is 1.48. The van der Waals surface area contributed by atoms with E-state index in [1.54, 1.807) is 0 Å². The monoisotopic (exact) mass is 270 g/mol. The fraction of sp³-hybridized carbons (Fsp3) is 0.273. The Morgan fingerprint density at radius 3 is 2.94 bits per heavy atom. The number of para-hydroxylation sites is 2. The summed E-state index contributed by atoms with van der Waals surface area (Å²) in [5.41, 5.74) is 7.25. The van der Waals surface area contributed by atoms with E-state index >= 15 is 0 Å². The number of aromatic amines is 1. The van der Waals surface area contributed by atoms with Crippen molar-refractivity contribution in [3.8, 4) is 0 Å². The summed E-state index contributed by atoms with van der Waals surface area (Å²) in [7, 11) is 1.49. The molecule has 0 spiro atoms. The first-order valence-corrected chi connectivity index (χ1v) is 5.21. The average molecular weight is 271 g/mol. The fourth-order valence-corrected chi connectivity index (χ4v) is 1.48. The van der Waals surface area contributed by atoms with Gasteiger partial charge in [0.2, 0.25) is 11.9 Å². The lowest BCUT2D eigenvalue weighted by Gasteiger charge is -2.08. The van der Waals surface area contributed by atoms with Gasteiger partial charge in [-0.3, -0.25) is 10.1 Å². The minimum Gasteiger partial charge on any atom is -0.383 e. The molecule has 0 aliphatic rings. The molecule has 0 fully saturated rings. The van der Waals surface area contributed by atoms with E-state index in [0.29, 0.717) is 5.95 Å². The number of imidazole rings is 1. The molecule has 1 aromatic carbocycles. The molecule has 6 nitrogen and oxygen atoms in total. The third-order valence-electron chi connectivity index (χ3n) is 2.31. The van der Waals surface area contributed by atoms with Crippen LogP contribution < -0.4 is 11.1 Å². The Balaban J connectivity index is 0.00000162. The molecule has 18 heavy (non-hydrogen) atoms. The molecule has 98 valence electrons. The van der Waals surface area contributed by atoms with Crippen molar-refractivity contribution in [3.05, 3.63) is 24.3 Å². The molecule has 0 saturated heterocycles. The number of hydrogen-bond acceptors (Lipinski definition) is 4. The number of methoxy groups -OCH3 is 1. The summed E-state index contributed by atoms with van der Waals surface area (Å²) < 4.78 is 4.80. The first kappa shape index (κ1) is 14.4. The normalized spacial score (nSPS) is 11.9. The Bertz CT molecular complexity index is 495. The SMILES string of the molecule is COCC(N)C(=O)Nc1nc2ccccc2[nH]1.Cl. The number of carbonyl (C=O) groups is 1. The van der Waals surface area contributed by atoms with Crippen LogP contribution in [0.4, 0.5) is 5.95 Å². The first-order valence-electron chi connectivity index (χ1n) is 5.21. The number of aromatic nitrogens is 2. The number of carbonyl (C=O) groups excluding carboxylic acids is 1. The summed E-state index contributed by atoms with van der Waals surface area (Å²) in [6, 6.07) is 6.81. The second-order valence-corrected chi connectivity index (χ2v) is 3.65. The summed E-state index contributed by atoms with van der Waals surface area (Å²) in [4.78, 5) is 18.8. The second kappa shape index (κ2) is 6.34. The van der Waals surface area contributed by atoms with E-state index in [1.807, 2.05) is 24.3 Å². The predicted molar refractivity (Wildman–Crippen MR) is 71.8 cm³/mol. The average Bonchev–Trinajstić information content (AvgIpc) is 2.71. The molecular weight excluding hydrogens is 256 g/mol. The number of halogens is 1. The van der Waals surface area contributed by atoms with Crippen LogP contribution in [0.5, 0.6) is 0 Å². The predicted octanol–water partition coefficient (Wildman–Crippen LogP) is 0.897. The Morgan fingerprint density at radius 1 is 1.56 bits per heavy atom. The number of rotatable bonds is 4. The van der Waals surface area contributed by atoms with Crippen molar-refractivity contribution in [1.82, 2.24) is 9.97 Å². The van der Waals surface area contributed by atoms with Gasteiger partial charge in [-0.2, -0.15) is 0 Å². The minimum absolute atomic E-state index is 0. The molecule has 2 aromatic rings. The maximum absolute atomic E-state index is 11.6. The maximum Gasteiger partial charge on any atom is 0.245 e. The van der Waals surface area contributed by atoms with E-state index in [0.717, 1.165) is 11.0 Å². The van der Waals surface area contributed by atoms with Crippen LogP contribution in [-0.4, -0.2) is 35.6 Å². The lowest BCUT2D eigenvalue weighted by Crippen LogP contribution is -2.39. The molecule has 4 N–H and O–H groups in total. The second-order valence-electron chi connectivity index (χ2n) is 3.65. The molecule has 1 aromatic heterocycles. The van der Waals surface area contributed by atoms with E-state index in [-0.39, 0.29) is 24.9 Å². The highest BCUT2D eigenvalue weighted by molar-refractivity contribution is 5.94. The van der Waals surface area contributed by atoms with E-state index in [4.69, 9.17) is 10.5 Å². The van der Waals surface area contributed by atoms with Crippen LogP contribution in [-0.2, 0) is 9.53 Å². The molecule has 0 radical (unpaired) electrons. The Kier molecular flexibility index (Phi) is 5.08. The van der Waals surface area contributed by atoms with Crippen LogP contribution in [0.2, 0.25) is 0 Å².